The molecule has 2 aromatic heterocycles. The molecule has 0 atom stereocenters. The van der Waals surface area contributed by atoms with Crippen molar-refractivity contribution in [3.8, 4) is 0 Å². The minimum absolute atomic E-state index is 0.000160. The molecule has 2 aromatic rings. The molecule has 26 heavy (non-hydrogen) atoms. The maximum Gasteiger partial charge on any atom is 0.283 e. The van der Waals surface area contributed by atoms with Gasteiger partial charge in [0.2, 0.25) is 5.91 Å². The molecule has 1 saturated carbocycles. The molecule has 1 aliphatic rings. The van der Waals surface area contributed by atoms with Gasteiger partial charge in [0.25, 0.3) is 6.43 Å². The molecule has 0 bridgehead atoms. The van der Waals surface area contributed by atoms with Crippen LogP contribution in [0.25, 0.3) is 0 Å². The molecule has 1 aliphatic carbocycles. The van der Waals surface area contributed by atoms with Crippen molar-refractivity contribution in [3.63, 3.8) is 0 Å². The first-order chi connectivity index (χ1) is 12.4. The highest BCUT2D eigenvalue weighted by molar-refractivity contribution is 6.32. The van der Waals surface area contributed by atoms with Crippen molar-refractivity contribution in [2.45, 2.75) is 58.5 Å². The van der Waals surface area contributed by atoms with Crippen LogP contribution < -0.4 is 5.32 Å². The second kappa shape index (κ2) is 7.73. The maximum atomic E-state index is 13.0. The minimum Gasteiger partial charge on any atom is -0.354 e. The highest BCUT2D eigenvalue weighted by Gasteiger charge is 2.34. The average Bonchev–Trinajstić information content (AvgIpc) is 3.27. The Bertz CT molecular complexity index is 797. The van der Waals surface area contributed by atoms with E-state index in [0.29, 0.717) is 18.8 Å². The fraction of sp³-hybridized carbons (Fsp3) is 0.588. The van der Waals surface area contributed by atoms with Crippen molar-refractivity contribution in [1.29, 1.82) is 0 Å². The zero-order valence-corrected chi connectivity index (χ0v) is 15.6. The molecule has 6 nitrogen and oxygen atoms in total. The summed E-state index contributed by atoms with van der Waals surface area (Å²) in [5.41, 5.74) is 2.16. The van der Waals surface area contributed by atoms with E-state index in [1.807, 2.05) is 24.6 Å². The van der Waals surface area contributed by atoms with Gasteiger partial charge in [0.05, 0.1) is 16.4 Å². The minimum atomic E-state index is -2.75. The molecule has 1 amide bonds. The summed E-state index contributed by atoms with van der Waals surface area (Å²) in [5, 5.41) is 11.0. The SMILES string of the molecule is Cc1cc(C)n(CCCNC(=O)Cn2nc(C(F)F)c(Cl)c2C2CC2)n1. The van der Waals surface area contributed by atoms with Gasteiger partial charge in [0, 0.05) is 24.7 Å². The number of nitrogens with one attached hydrogen (secondary N) is 1. The molecular formula is C17H22ClF2N5O. The number of carbonyl (C=O) groups is 1. The number of carbonyl (C=O) groups excluding carboxylic acids is 1. The molecule has 1 N–H and O–H groups in total. The van der Waals surface area contributed by atoms with E-state index >= 15 is 0 Å². The highest BCUT2D eigenvalue weighted by atomic mass is 35.5. The summed E-state index contributed by atoms with van der Waals surface area (Å²) in [6.45, 7) is 5.01. The van der Waals surface area contributed by atoms with Gasteiger partial charge in [-0.05, 0) is 39.2 Å². The van der Waals surface area contributed by atoms with Crippen molar-refractivity contribution >= 4 is 17.5 Å². The van der Waals surface area contributed by atoms with Gasteiger partial charge in [-0.3, -0.25) is 14.2 Å². The Kier molecular flexibility index (Phi) is 5.60. The topological polar surface area (TPSA) is 64.7 Å². The van der Waals surface area contributed by atoms with Crippen LogP contribution in [0.5, 0.6) is 0 Å². The quantitative estimate of drug-likeness (QED) is 0.708. The van der Waals surface area contributed by atoms with E-state index in [4.69, 9.17) is 11.6 Å². The summed E-state index contributed by atoms with van der Waals surface area (Å²) in [5.74, 6) is -0.137. The van der Waals surface area contributed by atoms with Crippen molar-refractivity contribution in [1.82, 2.24) is 24.9 Å². The van der Waals surface area contributed by atoms with Crippen LogP contribution in [0, 0.1) is 13.8 Å². The van der Waals surface area contributed by atoms with Crippen LogP contribution in [0.3, 0.4) is 0 Å². The highest BCUT2D eigenvalue weighted by Crippen LogP contribution is 2.45. The van der Waals surface area contributed by atoms with Crippen LogP contribution in [0.4, 0.5) is 8.78 Å². The van der Waals surface area contributed by atoms with Crippen molar-refractivity contribution in [2.24, 2.45) is 0 Å². The molecule has 2 heterocycles. The molecule has 0 spiro atoms. The van der Waals surface area contributed by atoms with Crippen molar-refractivity contribution in [2.75, 3.05) is 6.54 Å². The summed E-state index contributed by atoms with van der Waals surface area (Å²) in [6, 6.07) is 2.00. The average molecular weight is 386 g/mol. The fourth-order valence-electron chi connectivity index (χ4n) is 3.03. The van der Waals surface area contributed by atoms with Crippen LogP contribution >= 0.6 is 11.6 Å². The van der Waals surface area contributed by atoms with Crippen molar-refractivity contribution in [3.05, 3.63) is 33.9 Å². The van der Waals surface area contributed by atoms with Crippen LogP contribution in [-0.2, 0) is 17.9 Å². The van der Waals surface area contributed by atoms with E-state index in [9.17, 15) is 13.6 Å². The molecule has 0 saturated heterocycles. The Morgan fingerprint density at radius 1 is 1.35 bits per heavy atom. The Morgan fingerprint density at radius 2 is 2.08 bits per heavy atom. The third-order valence-corrected chi connectivity index (χ3v) is 4.78. The van der Waals surface area contributed by atoms with Gasteiger partial charge in [-0.25, -0.2) is 8.78 Å². The van der Waals surface area contributed by atoms with Crippen LogP contribution in [0.2, 0.25) is 5.02 Å². The molecule has 0 aliphatic heterocycles. The fourth-order valence-corrected chi connectivity index (χ4v) is 3.40. The third-order valence-electron chi connectivity index (χ3n) is 4.39. The molecular weight excluding hydrogens is 364 g/mol. The molecule has 3 rings (SSSR count). The van der Waals surface area contributed by atoms with Crippen LogP contribution in [0.1, 0.15) is 54.4 Å². The second-order valence-corrected chi connectivity index (χ2v) is 7.05. The van der Waals surface area contributed by atoms with Crippen molar-refractivity contribution < 1.29 is 13.6 Å². The standard InChI is InChI=1S/C17H22ClF2N5O/c1-10-8-11(2)24(22-10)7-3-6-21-13(26)9-25-16(12-4-5-12)14(18)15(23-25)17(19)20/h8,12,17H,3-7,9H2,1-2H3,(H,21,26). The van der Waals surface area contributed by atoms with E-state index in [-0.39, 0.29) is 23.4 Å². The molecule has 9 heteroatoms. The van der Waals surface area contributed by atoms with Gasteiger partial charge in [0.15, 0.2) is 0 Å². The Labute approximate surface area is 155 Å². The zero-order chi connectivity index (χ0) is 18.8. The Morgan fingerprint density at radius 3 is 2.65 bits per heavy atom. The predicted octanol–water partition coefficient (Wildman–Crippen LogP) is 3.37. The lowest BCUT2D eigenvalue weighted by Crippen LogP contribution is -2.30. The van der Waals surface area contributed by atoms with Gasteiger partial charge in [0.1, 0.15) is 12.2 Å². The monoisotopic (exact) mass is 385 g/mol. The molecule has 0 radical (unpaired) electrons. The Hall–Kier alpha value is -1.96. The lowest BCUT2D eigenvalue weighted by molar-refractivity contribution is -0.121. The number of hydrogen-bond acceptors (Lipinski definition) is 3. The smallest absolute Gasteiger partial charge is 0.283 e. The predicted molar refractivity (Wildman–Crippen MR) is 93.5 cm³/mol. The van der Waals surface area contributed by atoms with E-state index in [0.717, 1.165) is 30.7 Å². The van der Waals surface area contributed by atoms with Gasteiger partial charge >= 0.3 is 0 Å². The summed E-state index contributed by atoms with van der Waals surface area (Å²) in [6.07, 6.45) is -0.243. The van der Waals surface area contributed by atoms with E-state index < -0.39 is 12.1 Å². The number of amides is 1. The largest absolute Gasteiger partial charge is 0.354 e. The first kappa shape index (κ1) is 18.8. The zero-order valence-electron chi connectivity index (χ0n) is 14.8. The lowest BCUT2D eigenvalue weighted by atomic mass is 10.2. The van der Waals surface area contributed by atoms with Gasteiger partial charge in [-0.2, -0.15) is 10.2 Å². The molecule has 1 fully saturated rings. The molecule has 142 valence electrons. The number of aryl methyl sites for hydroxylation is 3. The number of hydrogen-bond donors (Lipinski definition) is 1. The van der Waals surface area contributed by atoms with E-state index in [1.54, 1.807) is 0 Å². The maximum absolute atomic E-state index is 13.0. The molecule has 0 unspecified atom stereocenters. The molecule has 0 aromatic carbocycles. The van der Waals surface area contributed by atoms with E-state index in [1.165, 1.54) is 4.68 Å². The summed E-state index contributed by atoms with van der Waals surface area (Å²) in [7, 11) is 0. The number of rotatable bonds is 8. The second-order valence-electron chi connectivity index (χ2n) is 6.67. The summed E-state index contributed by atoms with van der Waals surface area (Å²) in [4.78, 5) is 12.2. The van der Waals surface area contributed by atoms with E-state index in [2.05, 4.69) is 15.5 Å². The number of aromatic nitrogens is 4. The summed E-state index contributed by atoms with van der Waals surface area (Å²) >= 11 is 6.05. The first-order valence-electron chi connectivity index (χ1n) is 8.68. The Balaban J connectivity index is 1.53. The summed E-state index contributed by atoms with van der Waals surface area (Å²) < 4.78 is 29.3. The third kappa shape index (κ3) is 4.23. The first-order valence-corrected chi connectivity index (χ1v) is 9.06. The van der Waals surface area contributed by atoms with Gasteiger partial charge in [-0.1, -0.05) is 11.6 Å². The number of nitrogens with zero attached hydrogens (tertiary/aromatic N) is 4. The van der Waals surface area contributed by atoms with Crippen LogP contribution in [0.15, 0.2) is 6.07 Å². The van der Waals surface area contributed by atoms with Gasteiger partial charge in [-0.15, -0.1) is 0 Å². The van der Waals surface area contributed by atoms with Crippen LogP contribution in [-0.4, -0.2) is 32.0 Å². The van der Waals surface area contributed by atoms with Gasteiger partial charge < -0.3 is 5.32 Å². The number of alkyl halides is 2. The number of halogens is 3. The normalized spacial score (nSPS) is 14.2. The lowest BCUT2D eigenvalue weighted by Gasteiger charge is -2.09.